The first-order valence-corrected chi connectivity index (χ1v) is 10.5. The average molecular weight is 453 g/mol. The number of nitrogens with two attached hydrogens (primary N) is 1. The fourth-order valence-corrected chi connectivity index (χ4v) is 5.19. The molecule has 0 atom stereocenters. The largest absolute Gasteiger partial charge is 0.497 e. The van der Waals surface area contributed by atoms with E-state index in [1.165, 1.54) is 11.3 Å². The number of hydrogen-bond acceptors (Lipinski definition) is 7. The van der Waals surface area contributed by atoms with Gasteiger partial charge in [-0.25, -0.2) is 4.79 Å². The van der Waals surface area contributed by atoms with E-state index < -0.39 is 17.8 Å². The zero-order valence-corrected chi connectivity index (χ0v) is 18.1. The van der Waals surface area contributed by atoms with Crippen molar-refractivity contribution < 1.29 is 23.9 Å². The van der Waals surface area contributed by atoms with Crippen molar-refractivity contribution in [2.75, 3.05) is 19.0 Å². The quantitative estimate of drug-likeness (QED) is 0.537. The first-order valence-electron chi connectivity index (χ1n) is 8.46. The van der Waals surface area contributed by atoms with Crippen LogP contribution in [0, 0.1) is 6.92 Å². The predicted molar refractivity (Wildman–Crippen MR) is 115 cm³/mol. The molecule has 2 amide bonds. The molecule has 3 N–H and O–H groups in total. The van der Waals surface area contributed by atoms with E-state index in [-0.39, 0.29) is 31.9 Å². The standard InChI is InChI=1S/C19H17ClN2O5S2/c1-4-27-19(25)12-8(2)14(16(21)23)29-18(12)22-17(24)15-13(20)10-7-9(26-3)5-6-11(10)28-15/h5-7H,4H2,1-3H3,(H2,21,23)(H,22,24). The molecule has 2 heterocycles. The summed E-state index contributed by atoms with van der Waals surface area (Å²) in [5.74, 6) is -1.21. The molecule has 0 radical (unpaired) electrons. The molecule has 29 heavy (non-hydrogen) atoms. The van der Waals surface area contributed by atoms with Crippen LogP contribution < -0.4 is 15.8 Å². The molecule has 0 aliphatic rings. The Kier molecular flexibility index (Phi) is 6.11. The Balaban J connectivity index is 2.01. The van der Waals surface area contributed by atoms with Crippen LogP contribution in [-0.4, -0.2) is 31.5 Å². The van der Waals surface area contributed by atoms with Crippen LogP contribution in [0.3, 0.4) is 0 Å². The summed E-state index contributed by atoms with van der Waals surface area (Å²) >= 11 is 8.55. The van der Waals surface area contributed by atoms with Crippen molar-refractivity contribution in [2.45, 2.75) is 13.8 Å². The second-order valence-corrected chi connectivity index (χ2v) is 8.36. The minimum absolute atomic E-state index is 0.109. The number of methoxy groups -OCH3 is 1. The van der Waals surface area contributed by atoms with Gasteiger partial charge in [0.2, 0.25) is 0 Å². The maximum absolute atomic E-state index is 12.9. The van der Waals surface area contributed by atoms with Crippen molar-refractivity contribution in [3.05, 3.63) is 44.1 Å². The lowest BCUT2D eigenvalue weighted by atomic mass is 10.1. The molecule has 7 nitrogen and oxygen atoms in total. The smallest absolute Gasteiger partial charge is 0.341 e. The summed E-state index contributed by atoms with van der Waals surface area (Å²) in [6.07, 6.45) is 0. The average Bonchev–Trinajstić information content (AvgIpc) is 3.18. The fraction of sp³-hybridized carbons (Fsp3) is 0.211. The minimum Gasteiger partial charge on any atom is -0.497 e. The fourth-order valence-electron chi connectivity index (χ4n) is 2.77. The van der Waals surface area contributed by atoms with Gasteiger partial charge in [-0.15, -0.1) is 22.7 Å². The highest BCUT2D eigenvalue weighted by atomic mass is 35.5. The van der Waals surface area contributed by atoms with E-state index in [0.29, 0.717) is 16.7 Å². The van der Waals surface area contributed by atoms with Crippen LogP contribution in [0.5, 0.6) is 5.75 Å². The Morgan fingerprint density at radius 3 is 2.55 bits per heavy atom. The molecule has 3 aromatic rings. The molecule has 0 aliphatic carbocycles. The van der Waals surface area contributed by atoms with Gasteiger partial charge >= 0.3 is 5.97 Å². The van der Waals surface area contributed by atoms with Gasteiger partial charge in [0, 0.05) is 10.1 Å². The number of hydrogen-bond donors (Lipinski definition) is 2. The highest BCUT2D eigenvalue weighted by molar-refractivity contribution is 7.22. The predicted octanol–water partition coefficient (Wildman–Crippen LogP) is 4.46. The Morgan fingerprint density at radius 1 is 1.21 bits per heavy atom. The van der Waals surface area contributed by atoms with Crippen molar-refractivity contribution in [2.24, 2.45) is 5.73 Å². The van der Waals surface area contributed by atoms with Gasteiger partial charge in [-0.05, 0) is 37.6 Å². The van der Waals surface area contributed by atoms with Gasteiger partial charge < -0.3 is 20.5 Å². The highest BCUT2D eigenvalue weighted by Gasteiger charge is 2.27. The molecule has 0 aliphatic heterocycles. The number of fused-ring (bicyclic) bond motifs is 1. The summed E-state index contributed by atoms with van der Waals surface area (Å²) in [6, 6.07) is 5.33. The van der Waals surface area contributed by atoms with Crippen molar-refractivity contribution >= 4 is 67.1 Å². The van der Waals surface area contributed by atoms with Crippen LogP contribution in [0.1, 0.15) is 42.2 Å². The summed E-state index contributed by atoms with van der Waals surface area (Å²) in [5.41, 5.74) is 5.86. The number of esters is 1. The lowest BCUT2D eigenvalue weighted by molar-refractivity contribution is 0.0527. The van der Waals surface area contributed by atoms with Gasteiger partial charge in [-0.2, -0.15) is 0 Å². The molecule has 0 bridgehead atoms. The van der Waals surface area contributed by atoms with E-state index in [1.807, 2.05) is 6.07 Å². The molecule has 1 aromatic carbocycles. The molecule has 0 saturated heterocycles. The van der Waals surface area contributed by atoms with Gasteiger partial charge in [0.1, 0.15) is 15.6 Å². The summed E-state index contributed by atoms with van der Waals surface area (Å²) in [5, 5.41) is 3.83. The summed E-state index contributed by atoms with van der Waals surface area (Å²) < 4.78 is 11.1. The van der Waals surface area contributed by atoms with Crippen molar-refractivity contribution in [3.8, 4) is 5.75 Å². The van der Waals surface area contributed by atoms with Crippen molar-refractivity contribution in [1.29, 1.82) is 0 Å². The van der Waals surface area contributed by atoms with E-state index in [0.717, 1.165) is 16.0 Å². The number of nitrogens with one attached hydrogen (secondary N) is 1. The number of benzene rings is 1. The van der Waals surface area contributed by atoms with Crippen LogP contribution in [0.25, 0.3) is 10.1 Å². The van der Waals surface area contributed by atoms with Gasteiger partial charge in [0.15, 0.2) is 0 Å². The topological polar surface area (TPSA) is 108 Å². The zero-order valence-electron chi connectivity index (χ0n) is 15.8. The summed E-state index contributed by atoms with van der Waals surface area (Å²) in [7, 11) is 1.54. The lowest BCUT2D eigenvalue weighted by Crippen LogP contribution is -2.14. The monoisotopic (exact) mass is 452 g/mol. The molecule has 2 aromatic heterocycles. The minimum atomic E-state index is -0.689. The van der Waals surface area contributed by atoms with E-state index in [1.54, 1.807) is 33.1 Å². The molecule has 0 spiro atoms. The van der Waals surface area contributed by atoms with Crippen LogP contribution in [0.4, 0.5) is 5.00 Å². The van der Waals surface area contributed by atoms with Crippen LogP contribution in [0.2, 0.25) is 5.02 Å². The molecule has 0 unspecified atom stereocenters. The normalized spacial score (nSPS) is 10.8. The number of primary amides is 1. The maximum atomic E-state index is 12.9. The number of carbonyl (C=O) groups is 3. The van der Waals surface area contributed by atoms with Gasteiger partial charge in [-0.3, -0.25) is 9.59 Å². The van der Waals surface area contributed by atoms with Gasteiger partial charge in [0.25, 0.3) is 11.8 Å². The second kappa shape index (κ2) is 8.40. The Morgan fingerprint density at radius 2 is 1.93 bits per heavy atom. The first kappa shape index (κ1) is 21.1. The summed E-state index contributed by atoms with van der Waals surface area (Å²) in [6.45, 7) is 3.40. The Hall–Kier alpha value is -2.62. The molecule has 3 rings (SSSR count). The van der Waals surface area contributed by atoms with Crippen LogP contribution >= 0.6 is 34.3 Å². The number of ether oxygens (including phenoxy) is 2. The number of rotatable bonds is 6. The zero-order chi connectivity index (χ0) is 21.3. The number of thiophene rings is 2. The molecular formula is C19H17ClN2O5S2. The molecular weight excluding hydrogens is 436 g/mol. The van der Waals surface area contributed by atoms with E-state index in [4.69, 9.17) is 26.8 Å². The van der Waals surface area contributed by atoms with Gasteiger partial charge in [0.05, 0.1) is 29.2 Å². The number of amides is 2. The number of anilines is 1. The maximum Gasteiger partial charge on any atom is 0.341 e. The summed E-state index contributed by atoms with van der Waals surface area (Å²) in [4.78, 5) is 37.4. The third kappa shape index (κ3) is 3.93. The van der Waals surface area contributed by atoms with Crippen LogP contribution in [0.15, 0.2) is 18.2 Å². The first-order chi connectivity index (χ1) is 13.8. The lowest BCUT2D eigenvalue weighted by Gasteiger charge is -2.06. The number of carbonyl (C=O) groups excluding carboxylic acids is 3. The molecule has 152 valence electrons. The third-order valence-electron chi connectivity index (χ3n) is 4.12. The third-order valence-corrected chi connectivity index (χ3v) is 7.01. The van der Waals surface area contributed by atoms with E-state index in [9.17, 15) is 14.4 Å². The number of halogens is 1. The van der Waals surface area contributed by atoms with E-state index in [2.05, 4.69) is 5.32 Å². The van der Waals surface area contributed by atoms with Crippen molar-refractivity contribution in [3.63, 3.8) is 0 Å². The molecule has 0 saturated carbocycles. The Labute approximate surface area is 179 Å². The van der Waals surface area contributed by atoms with E-state index >= 15 is 0 Å². The highest BCUT2D eigenvalue weighted by Crippen LogP contribution is 2.39. The van der Waals surface area contributed by atoms with Crippen molar-refractivity contribution in [1.82, 2.24) is 0 Å². The Bertz CT molecular complexity index is 1140. The van der Waals surface area contributed by atoms with Crippen LogP contribution in [-0.2, 0) is 4.74 Å². The van der Waals surface area contributed by atoms with Gasteiger partial charge in [-0.1, -0.05) is 11.6 Å². The molecule has 10 heteroatoms. The molecule has 0 fully saturated rings. The SMILES string of the molecule is CCOC(=O)c1c(NC(=O)c2sc3ccc(OC)cc3c2Cl)sc(C(N)=O)c1C. The second-order valence-electron chi connectivity index (χ2n) is 5.91.